The summed E-state index contributed by atoms with van der Waals surface area (Å²) in [4.78, 5) is 15.6. The summed E-state index contributed by atoms with van der Waals surface area (Å²) in [5.74, 6) is 1.79. The van der Waals surface area contributed by atoms with Crippen LogP contribution in [0.4, 0.5) is 0 Å². The summed E-state index contributed by atoms with van der Waals surface area (Å²) in [6.45, 7) is 0. The first-order valence-corrected chi connectivity index (χ1v) is 17.4. The summed E-state index contributed by atoms with van der Waals surface area (Å²) in [6, 6.07) is 52.9. The van der Waals surface area contributed by atoms with Gasteiger partial charge in [-0.05, 0) is 87.3 Å². The number of furan rings is 1. The number of hydrogen-bond acceptors (Lipinski definition) is 4. The van der Waals surface area contributed by atoms with E-state index in [-0.39, 0.29) is 0 Å². The second-order valence-corrected chi connectivity index (χ2v) is 13.1. The minimum atomic E-state index is 0.569. The maximum absolute atomic E-state index is 6.79. The number of rotatable bonds is 5. The van der Waals surface area contributed by atoms with E-state index in [0.717, 1.165) is 79.1 Å². The summed E-state index contributed by atoms with van der Waals surface area (Å²) in [5, 5.41) is 4.50. The van der Waals surface area contributed by atoms with E-state index >= 15 is 0 Å². The maximum atomic E-state index is 6.79. The van der Waals surface area contributed by atoms with Gasteiger partial charge in [-0.15, -0.1) is 0 Å². The number of allylic oxidation sites excluding steroid dienone is 1. The van der Waals surface area contributed by atoms with Crippen LogP contribution in [-0.2, 0) is 6.42 Å². The number of hydrogen-bond donors (Lipinski definition) is 0. The van der Waals surface area contributed by atoms with E-state index in [2.05, 4.69) is 158 Å². The molecule has 0 aliphatic heterocycles. The SMILES string of the molecule is C1=Cc2c(ccc3oc4c(-c5nc(-c6cccc(-c7ccccc7)c6)nc(-c6ccc7ccccc7c6)n5)cc(-c5ccccc5)cc4c23)CC1. The van der Waals surface area contributed by atoms with Gasteiger partial charge in [-0.2, -0.15) is 0 Å². The molecule has 0 radical (unpaired) electrons. The summed E-state index contributed by atoms with van der Waals surface area (Å²) < 4.78 is 6.79. The molecular formula is C47H31N3O. The zero-order valence-electron chi connectivity index (χ0n) is 27.8. The maximum Gasteiger partial charge on any atom is 0.167 e. The fourth-order valence-electron chi connectivity index (χ4n) is 7.40. The van der Waals surface area contributed by atoms with Gasteiger partial charge in [0, 0.05) is 21.9 Å². The third-order valence-corrected chi connectivity index (χ3v) is 9.95. The molecule has 0 saturated carbocycles. The molecule has 1 aliphatic carbocycles. The fourth-order valence-corrected chi connectivity index (χ4v) is 7.40. The highest BCUT2D eigenvalue weighted by Gasteiger charge is 2.22. The van der Waals surface area contributed by atoms with Gasteiger partial charge in [0.15, 0.2) is 17.5 Å². The van der Waals surface area contributed by atoms with Crippen LogP contribution in [0.25, 0.3) is 95.2 Å². The molecule has 2 aromatic heterocycles. The normalized spacial score (nSPS) is 12.5. The Labute approximate surface area is 295 Å². The molecule has 51 heavy (non-hydrogen) atoms. The van der Waals surface area contributed by atoms with E-state index in [1.54, 1.807) is 0 Å². The molecule has 10 rings (SSSR count). The predicted octanol–water partition coefficient (Wildman–Crippen LogP) is 12.2. The average Bonchev–Trinajstić information content (AvgIpc) is 3.60. The Morgan fingerprint density at radius 3 is 1.94 bits per heavy atom. The van der Waals surface area contributed by atoms with Gasteiger partial charge in [0.25, 0.3) is 0 Å². The quantitative estimate of drug-likeness (QED) is 0.185. The van der Waals surface area contributed by atoms with Gasteiger partial charge in [0.1, 0.15) is 11.2 Å². The first kappa shape index (κ1) is 29.3. The Morgan fingerprint density at radius 2 is 1.14 bits per heavy atom. The first-order chi connectivity index (χ1) is 25.2. The van der Waals surface area contributed by atoms with Gasteiger partial charge in [-0.1, -0.05) is 133 Å². The predicted molar refractivity (Wildman–Crippen MR) is 209 cm³/mol. The van der Waals surface area contributed by atoms with Crippen LogP contribution in [0.2, 0.25) is 0 Å². The van der Waals surface area contributed by atoms with Gasteiger partial charge < -0.3 is 4.42 Å². The van der Waals surface area contributed by atoms with Crippen molar-refractivity contribution in [3.8, 4) is 56.4 Å². The molecule has 0 unspecified atom stereocenters. The molecule has 0 fully saturated rings. The zero-order chi connectivity index (χ0) is 33.7. The molecular weight excluding hydrogens is 623 g/mol. The van der Waals surface area contributed by atoms with Crippen LogP contribution in [0, 0.1) is 0 Å². The van der Waals surface area contributed by atoms with E-state index in [0.29, 0.717) is 17.5 Å². The highest BCUT2D eigenvalue weighted by Crippen LogP contribution is 2.42. The lowest BCUT2D eigenvalue weighted by molar-refractivity contribution is 0.669. The van der Waals surface area contributed by atoms with Crippen molar-refractivity contribution in [1.82, 2.24) is 15.0 Å². The monoisotopic (exact) mass is 653 g/mol. The highest BCUT2D eigenvalue weighted by atomic mass is 16.3. The second-order valence-electron chi connectivity index (χ2n) is 13.1. The van der Waals surface area contributed by atoms with Crippen molar-refractivity contribution in [1.29, 1.82) is 0 Å². The fraction of sp³-hybridized carbons (Fsp3) is 0.0426. The topological polar surface area (TPSA) is 51.8 Å². The van der Waals surface area contributed by atoms with E-state index in [1.807, 2.05) is 6.07 Å². The lowest BCUT2D eigenvalue weighted by Gasteiger charge is -2.12. The van der Waals surface area contributed by atoms with Crippen LogP contribution in [0.3, 0.4) is 0 Å². The highest BCUT2D eigenvalue weighted by molar-refractivity contribution is 6.14. The molecule has 0 amide bonds. The van der Waals surface area contributed by atoms with Crippen LogP contribution in [0.5, 0.6) is 0 Å². The van der Waals surface area contributed by atoms with Crippen molar-refractivity contribution in [3.05, 3.63) is 169 Å². The summed E-state index contributed by atoms with van der Waals surface area (Å²) in [6.07, 6.45) is 6.59. The number of aryl methyl sites for hydroxylation is 1. The molecule has 0 atom stereocenters. The third-order valence-electron chi connectivity index (χ3n) is 9.95. The average molecular weight is 654 g/mol. The van der Waals surface area contributed by atoms with Gasteiger partial charge in [0.2, 0.25) is 0 Å². The summed E-state index contributed by atoms with van der Waals surface area (Å²) >= 11 is 0. The zero-order valence-corrected chi connectivity index (χ0v) is 27.8. The van der Waals surface area contributed by atoms with Gasteiger partial charge in [-0.25, -0.2) is 15.0 Å². The van der Waals surface area contributed by atoms with Crippen molar-refractivity contribution in [3.63, 3.8) is 0 Å². The Bertz CT molecular complexity index is 2800. The third kappa shape index (κ3) is 5.20. The van der Waals surface area contributed by atoms with E-state index in [1.165, 1.54) is 16.5 Å². The van der Waals surface area contributed by atoms with Crippen molar-refractivity contribution in [2.24, 2.45) is 0 Å². The molecule has 0 bridgehead atoms. The Morgan fingerprint density at radius 1 is 0.471 bits per heavy atom. The second kappa shape index (κ2) is 12.0. The lowest BCUT2D eigenvalue weighted by Crippen LogP contribution is -2.01. The molecule has 0 saturated heterocycles. The molecule has 2 heterocycles. The lowest BCUT2D eigenvalue weighted by atomic mass is 9.92. The number of benzene rings is 7. The molecule has 4 heteroatoms. The number of nitrogens with zero attached hydrogens (tertiary/aromatic N) is 3. The van der Waals surface area contributed by atoms with E-state index < -0.39 is 0 Å². The minimum absolute atomic E-state index is 0.569. The van der Waals surface area contributed by atoms with Gasteiger partial charge in [0.05, 0.1) is 5.56 Å². The summed E-state index contributed by atoms with van der Waals surface area (Å²) in [7, 11) is 0. The van der Waals surface area contributed by atoms with Crippen molar-refractivity contribution in [2.45, 2.75) is 12.8 Å². The smallest absolute Gasteiger partial charge is 0.167 e. The standard InChI is InChI=1S/C47H31N3O/c1-3-12-30(13-4-1)35-19-11-20-36(26-35)45-48-46(37-23-22-32-16-7-8-18-34(32)27-37)50-47(49-45)41-29-38(31-14-5-2-6-15-31)28-40-43-39-21-10-9-17-33(39)24-25-42(43)51-44(40)41/h1-8,10-16,18-29H,9,17H2. The number of aromatic nitrogens is 3. The molecule has 0 spiro atoms. The molecule has 0 N–H and O–H groups in total. The Kier molecular flexibility index (Phi) is 6.91. The van der Waals surface area contributed by atoms with E-state index in [9.17, 15) is 0 Å². The van der Waals surface area contributed by atoms with Crippen molar-refractivity contribution >= 4 is 38.8 Å². The molecule has 9 aromatic rings. The number of fused-ring (bicyclic) bond motifs is 6. The van der Waals surface area contributed by atoms with Crippen molar-refractivity contribution in [2.75, 3.05) is 0 Å². The van der Waals surface area contributed by atoms with Gasteiger partial charge in [-0.3, -0.25) is 0 Å². The Hall–Kier alpha value is -6.65. The Balaban J connectivity index is 1.26. The molecule has 240 valence electrons. The van der Waals surface area contributed by atoms with Gasteiger partial charge >= 0.3 is 0 Å². The first-order valence-electron chi connectivity index (χ1n) is 17.4. The molecule has 4 nitrogen and oxygen atoms in total. The summed E-state index contributed by atoms with van der Waals surface area (Å²) in [5.41, 5.74) is 11.3. The minimum Gasteiger partial charge on any atom is -0.455 e. The molecule has 1 aliphatic rings. The van der Waals surface area contributed by atoms with Crippen molar-refractivity contribution < 1.29 is 4.42 Å². The van der Waals surface area contributed by atoms with Crippen LogP contribution in [-0.4, -0.2) is 15.0 Å². The largest absolute Gasteiger partial charge is 0.455 e. The molecule has 7 aromatic carbocycles. The van der Waals surface area contributed by atoms with Crippen LogP contribution >= 0.6 is 0 Å². The van der Waals surface area contributed by atoms with Crippen LogP contribution in [0.1, 0.15) is 17.5 Å². The van der Waals surface area contributed by atoms with Crippen LogP contribution in [0.15, 0.2) is 162 Å². The van der Waals surface area contributed by atoms with Crippen LogP contribution < -0.4 is 0 Å². The van der Waals surface area contributed by atoms with E-state index in [4.69, 9.17) is 19.4 Å².